The minimum absolute atomic E-state index is 0.0148. The highest BCUT2D eigenvalue weighted by molar-refractivity contribution is 7.10. The number of carbonyl (C=O) groups is 1. The molecule has 1 amide bonds. The molecule has 26 heavy (non-hydrogen) atoms. The van der Waals surface area contributed by atoms with E-state index in [4.69, 9.17) is 0 Å². The molecule has 0 atom stereocenters. The van der Waals surface area contributed by atoms with Gasteiger partial charge < -0.3 is 5.32 Å². The molecular weight excluding hydrogens is 356 g/mol. The van der Waals surface area contributed by atoms with Crippen LogP contribution in [0.2, 0.25) is 0 Å². The first kappa shape index (κ1) is 18.9. The second-order valence-electron chi connectivity index (χ2n) is 6.60. The molecule has 0 bridgehead atoms. The van der Waals surface area contributed by atoms with E-state index in [1.54, 1.807) is 11.3 Å². The molecule has 3 rings (SSSR count). The Kier molecular flexibility index (Phi) is 6.34. The molecule has 0 aliphatic carbocycles. The summed E-state index contributed by atoms with van der Waals surface area (Å²) in [5.74, 6) is -1.70. The van der Waals surface area contributed by atoms with Crippen molar-refractivity contribution in [2.24, 2.45) is 0 Å². The number of amides is 1. The third kappa shape index (κ3) is 5.09. The van der Waals surface area contributed by atoms with Gasteiger partial charge in [0.2, 0.25) is 5.91 Å². The maximum Gasteiger partial charge on any atom is 0.238 e. The Morgan fingerprint density at radius 2 is 1.92 bits per heavy atom. The Bertz CT molecular complexity index is 765. The van der Waals surface area contributed by atoms with Gasteiger partial charge in [-0.15, -0.1) is 11.3 Å². The van der Waals surface area contributed by atoms with Crippen molar-refractivity contribution in [3.63, 3.8) is 0 Å². The molecule has 140 valence electrons. The van der Waals surface area contributed by atoms with E-state index in [0.717, 1.165) is 51.3 Å². The number of hydrogen-bond donors (Lipinski definition) is 1. The molecule has 1 aliphatic rings. The molecule has 1 N–H and O–H groups in total. The average molecular weight is 379 g/mol. The molecule has 0 spiro atoms. The van der Waals surface area contributed by atoms with Crippen LogP contribution < -0.4 is 5.32 Å². The third-order valence-electron chi connectivity index (χ3n) is 4.59. The SMILES string of the molecule is Cc1ccsc1CN1CCCN(CC(=O)Nc2ccc(F)cc2F)CC1. The van der Waals surface area contributed by atoms with Crippen LogP contribution >= 0.6 is 11.3 Å². The van der Waals surface area contributed by atoms with Gasteiger partial charge in [-0.25, -0.2) is 8.78 Å². The molecule has 1 aromatic heterocycles. The largest absolute Gasteiger partial charge is 0.322 e. The number of halogens is 2. The van der Waals surface area contributed by atoms with Gasteiger partial charge in [-0.2, -0.15) is 0 Å². The van der Waals surface area contributed by atoms with E-state index < -0.39 is 11.6 Å². The monoisotopic (exact) mass is 379 g/mol. The van der Waals surface area contributed by atoms with Gasteiger partial charge in [0.15, 0.2) is 0 Å². The van der Waals surface area contributed by atoms with Gasteiger partial charge in [-0.05, 0) is 55.6 Å². The minimum atomic E-state index is -0.758. The molecule has 4 nitrogen and oxygen atoms in total. The van der Waals surface area contributed by atoms with Crippen LogP contribution in [0, 0.1) is 18.6 Å². The average Bonchev–Trinajstić information content (AvgIpc) is 2.86. The van der Waals surface area contributed by atoms with Crippen LogP contribution in [-0.4, -0.2) is 48.4 Å². The Hall–Kier alpha value is -1.83. The van der Waals surface area contributed by atoms with Crippen molar-refractivity contribution in [3.8, 4) is 0 Å². The second kappa shape index (κ2) is 8.70. The number of nitrogens with zero attached hydrogens (tertiary/aromatic N) is 2. The van der Waals surface area contributed by atoms with Crippen LogP contribution in [0.1, 0.15) is 16.9 Å². The molecule has 2 heterocycles. The number of anilines is 1. The van der Waals surface area contributed by atoms with Gasteiger partial charge >= 0.3 is 0 Å². The van der Waals surface area contributed by atoms with Gasteiger partial charge in [0.25, 0.3) is 0 Å². The predicted molar refractivity (Wildman–Crippen MR) is 100 cm³/mol. The first-order chi connectivity index (χ1) is 12.5. The predicted octanol–water partition coefficient (Wildman–Crippen LogP) is 3.48. The summed E-state index contributed by atoms with van der Waals surface area (Å²) in [6.45, 7) is 6.82. The van der Waals surface area contributed by atoms with Crippen LogP contribution in [0.3, 0.4) is 0 Å². The molecule has 0 unspecified atom stereocenters. The highest BCUT2D eigenvalue weighted by Gasteiger charge is 2.18. The zero-order chi connectivity index (χ0) is 18.5. The lowest BCUT2D eigenvalue weighted by molar-refractivity contribution is -0.117. The summed E-state index contributed by atoms with van der Waals surface area (Å²) in [7, 11) is 0. The van der Waals surface area contributed by atoms with Crippen LogP contribution in [0.4, 0.5) is 14.5 Å². The summed E-state index contributed by atoms with van der Waals surface area (Å²) in [4.78, 5) is 18.1. The molecule has 1 aromatic carbocycles. The lowest BCUT2D eigenvalue weighted by atomic mass is 10.2. The van der Waals surface area contributed by atoms with Crippen molar-refractivity contribution in [2.45, 2.75) is 19.9 Å². The molecule has 1 saturated heterocycles. The number of hydrogen-bond acceptors (Lipinski definition) is 4. The van der Waals surface area contributed by atoms with E-state index in [9.17, 15) is 13.6 Å². The van der Waals surface area contributed by atoms with E-state index in [1.165, 1.54) is 16.5 Å². The summed E-state index contributed by atoms with van der Waals surface area (Å²) < 4.78 is 26.6. The Morgan fingerprint density at radius 1 is 1.15 bits per heavy atom. The molecule has 0 radical (unpaired) electrons. The number of carbonyl (C=O) groups excluding carboxylic acids is 1. The summed E-state index contributed by atoms with van der Waals surface area (Å²) >= 11 is 1.78. The highest BCUT2D eigenvalue weighted by Crippen LogP contribution is 2.19. The number of thiophene rings is 1. The van der Waals surface area contributed by atoms with E-state index in [0.29, 0.717) is 0 Å². The number of rotatable bonds is 5. The quantitative estimate of drug-likeness (QED) is 0.864. The van der Waals surface area contributed by atoms with E-state index in [-0.39, 0.29) is 18.1 Å². The topological polar surface area (TPSA) is 35.6 Å². The van der Waals surface area contributed by atoms with Gasteiger partial charge in [-0.3, -0.25) is 14.6 Å². The van der Waals surface area contributed by atoms with Crippen molar-refractivity contribution in [3.05, 3.63) is 51.7 Å². The highest BCUT2D eigenvalue weighted by atomic mass is 32.1. The standard InChI is InChI=1S/C19H23F2N3OS/c1-14-5-10-26-18(14)12-23-6-2-7-24(9-8-23)13-19(25)22-17-4-3-15(20)11-16(17)21/h3-5,10-11H,2,6-9,12-13H2,1H3,(H,22,25). The Labute approximate surface area is 156 Å². The Morgan fingerprint density at radius 3 is 2.65 bits per heavy atom. The fourth-order valence-corrected chi connectivity index (χ4v) is 4.04. The van der Waals surface area contributed by atoms with E-state index in [1.807, 2.05) is 0 Å². The maximum atomic E-state index is 13.6. The van der Waals surface area contributed by atoms with E-state index >= 15 is 0 Å². The van der Waals surface area contributed by atoms with Crippen LogP contribution in [0.5, 0.6) is 0 Å². The van der Waals surface area contributed by atoms with Crippen LogP contribution in [-0.2, 0) is 11.3 Å². The Balaban J connectivity index is 1.49. The molecule has 0 saturated carbocycles. The third-order valence-corrected chi connectivity index (χ3v) is 5.60. The van der Waals surface area contributed by atoms with Gasteiger partial charge in [0, 0.05) is 30.6 Å². The fraction of sp³-hybridized carbons (Fsp3) is 0.421. The number of aryl methyl sites for hydroxylation is 1. The maximum absolute atomic E-state index is 13.6. The number of nitrogens with one attached hydrogen (secondary N) is 1. The van der Waals surface area contributed by atoms with Crippen molar-refractivity contribution < 1.29 is 13.6 Å². The lowest BCUT2D eigenvalue weighted by Gasteiger charge is -2.21. The van der Waals surface area contributed by atoms with Crippen molar-refractivity contribution in [1.82, 2.24) is 9.80 Å². The van der Waals surface area contributed by atoms with Gasteiger partial charge in [0.1, 0.15) is 11.6 Å². The minimum Gasteiger partial charge on any atom is -0.322 e. The van der Waals surface area contributed by atoms with E-state index in [2.05, 4.69) is 33.5 Å². The molecule has 1 fully saturated rings. The summed E-state index contributed by atoms with van der Waals surface area (Å²) in [5.41, 5.74) is 1.35. The zero-order valence-corrected chi connectivity index (χ0v) is 15.6. The van der Waals surface area contributed by atoms with Crippen LogP contribution in [0.25, 0.3) is 0 Å². The van der Waals surface area contributed by atoms with Gasteiger partial charge in [0.05, 0.1) is 12.2 Å². The van der Waals surface area contributed by atoms with Crippen LogP contribution in [0.15, 0.2) is 29.6 Å². The zero-order valence-electron chi connectivity index (χ0n) is 14.8. The smallest absolute Gasteiger partial charge is 0.238 e. The van der Waals surface area contributed by atoms with Crippen molar-refractivity contribution >= 4 is 22.9 Å². The fourth-order valence-electron chi connectivity index (χ4n) is 3.09. The molecule has 7 heteroatoms. The summed E-state index contributed by atoms with van der Waals surface area (Å²) in [6, 6.07) is 5.29. The summed E-state index contributed by atoms with van der Waals surface area (Å²) in [5, 5.41) is 4.64. The molecular formula is C19H23F2N3OS. The first-order valence-electron chi connectivity index (χ1n) is 8.74. The number of benzene rings is 1. The van der Waals surface area contributed by atoms with Crippen molar-refractivity contribution in [1.29, 1.82) is 0 Å². The normalized spacial score (nSPS) is 16.4. The second-order valence-corrected chi connectivity index (χ2v) is 7.61. The molecule has 1 aliphatic heterocycles. The van der Waals surface area contributed by atoms with Gasteiger partial charge in [-0.1, -0.05) is 0 Å². The molecule has 2 aromatic rings. The summed E-state index contributed by atoms with van der Waals surface area (Å²) in [6.07, 6.45) is 0.989. The van der Waals surface area contributed by atoms with Crippen molar-refractivity contribution in [2.75, 3.05) is 38.0 Å². The lowest BCUT2D eigenvalue weighted by Crippen LogP contribution is -2.36. The first-order valence-corrected chi connectivity index (χ1v) is 9.62.